The van der Waals surface area contributed by atoms with Crippen LogP contribution >= 0.6 is 11.3 Å². The lowest BCUT2D eigenvalue weighted by Crippen LogP contribution is -2.50. The maximum Gasteiger partial charge on any atom is 0.0475 e. The third-order valence-electron chi connectivity index (χ3n) is 4.48. The number of thiophene rings is 1. The van der Waals surface area contributed by atoms with Crippen LogP contribution in [0.25, 0.3) is 0 Å². The lowest BCUT2D eigenvalue weighted by atomic mass is 9.67. The van der Waals surface area contributed by atoms with Gasteiger partial charge in [-0.1, -0.05) is 30.3 Å². The van der Waals surface area contributed by atoms with Crippen molar-refractivity contribution in [1.29, 1.82) is 0 Å². The van der Waals surface area contributed by atoms with E-state index in [0.717, 1.165) is 32.5 Å². The minimum absolute atomic E-state index is 0.0570. The molecule has 1 aliphatic heterocycles. The molecule has 2 aromatic rings. The van der Waals surface area contributed by atoms with E-state index in [-0.39, 0.29) is 11.5 Å². The van der Waals surface area contributed by atoms with Gasteiger partial charge in [0, 0.05) is 24.7 Å². The zero-order chi connectivity index (χ0) is 13.8. The molecule has 2 N–H and O–H groups in total. The van der Waals surface area contributed by atoms with Gasteiger partial charge in [-0.25, -0.2) is 0 Å². The van der Waals surface area contributed by atoms with E-state index < -0.39 is 0 Å². The Labute approximate surface area is 124 Å². The van der Waals surface area contributed by atoms with Gasteiger partial charge in [0.05, 0.1) is 0 Å². The first-order valence-corrected chi connectivity index (χ1v) is 8.15. The second-order valence-electron chi connectivity index (χ2n) is 5.58. The summed E-state index contributed by atoms with van der Waals surface area (Å²) in [7, 11) is 0. The van der Waals surface area contributed by atoms with Gasteiger partial charge in [0.1, 0.15) is 0 Å². The Kier molecular flexibility index (Phi) is 4.20. The van der Waals surface area contributed by atoms with Crippen molar-refractivity contribution in [2.24, 2.45) is 5.73 Å². The highest BCUT2D eigenvalue weighted by Crippen LogP contribution is 2.38. The zero-order valence-corrected chi connectivity index (χ0v) is 12.4. The molecular formula is C17H21NOS. The summed E-state index contributed by atoms with van der Waals surface area (Å²) < 4.78 is 5.58. The van der Waals surface area contributed by atoms with Crippen LogP contribution in [-0.4, -0.2) is 19.3 Å². The molecule has 2 heterocycles. The van der Waals surface area contributed by atoms with Crippen molar-refractivity contribution in [2.75, 3.05) is 13.2 Å². The molecule has 0 amide bonds. The smallest absolute Gasteiger partial charge is 0.0475 e. The average molecular weight is 287 g/mol. The van der Waals surface area contributed by atoms with Crippen molar-refractivity contribution in [1.82, 2.24) is 0 Å². The third kappa shape index (κ3) is 2.66. The summed E-state index contributed by atoms with van der Waals surface area (Å²) >= 11 is 1.74. The van der Waals surface area contributed by atoms with E-state index in [1.807, 2.05) is 0 Å². The Morgan fingerprint density at radius 1 is 1.15 bits per heavy atom. The van der Waals surface area contributed by atoms with Crippen LogP contribution in [0.2, 0.25) is 0 Å². The first kappa shape index (κ1) is 13.8. The molecule has 3 rings (SSSR count). The van der Waals surface area contributed by atoms with Crippen LogP contribution in [0.15, 0.2) is 47.2 Å². The highest BCUT2D eigenvalue weighted by atomic mass is 32.1. The highest BCUT2D eigenvalue weighted by Gasteiger charge is 2.39. The van der Waals surface area contributed by atoms with Crippen molar-refractivity contribution in [3.63, 3.8) is 0 Å². The molecule has 0 spiro atoms. The second kappa shape index (κ2) is 6.08. The molecular weight excluding hydrogens is 266 g/mol. The fourth-order valence-electron chi connectivity index (χ4n) is 3.24. The number of rotatable bonds is 4. The minimum atomic E-state index is 0.0570. The summed E-state index contributed by atoms with van der Waals surface area (Å²) in [5.41, 5.74) is 9.43. The molecule has 0 bridgehead atoms. The van der Waals surface area contributed by atoms with Crippen LogP contribution in [0.3, 0.4) is 0 Å². The van der Waals surface area contributed by atoms with Gasteiger partial charge in [-0.2, -0.15) is 11.3 Å². The Morgan fingerprint density at radius 3 is 2.55 bits per heavy atom. The number of nitrogens with two attached hydrogens (primary N) is 1. The molecule has 2 nitrogen and oxygen atoms in total. The van der Waals surface area contributed by atoms with E-state index in [1.165, 1.54) is 11.1 Å². The van der Waals surface area contributed by atoms with Gasteiger partial charge in [0.2, 0.25) is 0 Å². The summed E-state index contributed by atoms with van der Waals surface area (Å²) in [4.78, 5) is 0. The fourth-order valence-corrected chi connectivity index (χ4v) is 3.92. The number of benzene rings is 1. The lowest BCUT2D eigenvalue weighted by molar-refractivity contribution is 0.0400. The van der Waals surface area contributed by atoms with E-state index in [1.54, 1.807) is 11.3 Å². The maximum atomic E-state index is 6.66. The van der Waals surface area contributed by atoms with Gasteiger partial charge in [-0.3, -0.25) is 0 Å². The zero-order valence-electron chi connectivity index (χ0n) is 11.6. The van der Waals surface area contributed by atoms with Crippen LogP contribution in [0.1, 0.15) is 24.0 Å². The summed E-state index contributed by atoms with van der Waals surface area (Å²) in [6.45, 7) is 1.62. The largest absolute Gasteiger partial charge is 0.381 e. The predicted octanol–water partition coefficient (Wildman–Crippen LogP) is 3.37. The number of hydrogen-bond acceptors (Lipinski definition) is 3. The topological polar surface area (TPSA) is 35.2 Å². The summed E-state index contributed by atoms with van der Waals surface area (Å²) in [5.74, 6) is 0. The van der Waals surface area contributed by atoms with E-state index in [4.69, 9.17) is 10.5 Å². The van der Waals surface area contributed by atoms with Crippen LogP contribution in [0.5, 0.6) is 0 Å². The Bertz CT molecular complexity index is 517. The Morgan fingerprint density at radius 2 is 1.90 bits per heavy atom. The van der Waals surface area contributed by atoms with Crippen LogP contribution in [0.4, 0.5) is 0 Å². The summed E-state index contributed by atoms with van der Waals surface area (Å²) in [6.07, 6.45) is 2.98. The van der Waals surface area contributed by atoms with Crippen molar-refractivity contribution < 1.29 is 4.74 Å². The van der Waals surface area contributed by atoms with E-state index in [0.29, 0.717) is 0 Å². The van der Waals surface area contributed by atoms with E-state index >= 15 is 0 Å². The molecule has 20 heavy (non-hydrogen) atoms. The summed E-state index contributed by atoms with van der Waals surface area (Å²) in [6, 6.07) is 13.1. The first-order chi connectivity index (χ1) is 9.81. The number of ether oxygens (including phenoxy) is 1. The first-order valence-electron chi connectivity index (χ1n) is 7.21. The van der Waals surface area contributed by atoms with Gasteiger partial charge < -0.3 is 10.5 Å². The fraction of sp³-hybridized carbons (Fsp3) is 0.412. The van der Waals surface area contributed by atoms with Crippen molar-refractivity contribution in [2.45, 2.75) is 30.7 Å². The van der Waals surface area contributed by atoms with Gasteiger partial charge in [0.15, 0.2) is 0 Å². The predicted molar refractivity (Wildman–Crippen MR) is 84.2 cm³/mol. The van der Waals surface area contributed by atoms with Crippen LogP contribution < -0.4 is 5.73 Å². The standard InChI is InChI=1S/C17H21NOS/c18-16(12-14-6-11-20-13-14)17(7-9-19-10-8-17)15-4-2-1-3-5-15/h1-6,11,13,16H,7-10,12,18H2. The van der Waals surface area contributed by atoms with Crippen molar-refractivity contribution >= 4 is 11.3 Å². The molecule has 1 aromatic carbocycles. The molecule has 1 fully saturated rings. The van der Waals surface area contributed by atoms with Gasteiger partial charge >= 0.3 is 0 Å². The maximum absolute atomic E-state index is 6.66. The van der Waals surface area contributed by atoms with E-state index in [9.17, 15) is 0 Å². The monoisotopic (exact) mass is 287 g/mol. The van der Waals surface area contributed by atoms with Gasteiger partial charge in [0.25, 0.3) is 0 Å². The average Bonchev–Trinajstić information content (AvgIpc) is 3.02. The minimum Gasteiger partial charge on any atom is -0.381 e. The van der Waals surface area contributed by atoms with Crippen LogP contribution in [0, 0.1) is 0 Å². The molecule has 1 aromatic heterocycles. The summed E-state index contributed by atoms with van der Waals surface area (Å²) in [5, 5.41) is 4.33. The van der Waals surface area contributed by atoms with Crippen molar-refractivity contribution in [3.8, 4) is 0 Å². The molecule has 1 unspecified atom stereocenters. The SMILES string of the molecule is NC(Cc1ccsc1)C1(c2ccccc2)CCOCC1. The van der Waals surface area contributed by atoms with Gasteiger partial charge in [-0.15, -0.1) is 0 Å². The molecule has 0 aliphatic carbocycles. The normalized spacial score (nSPS) is 19.6. The number of hydrogen-bond donors (Lipinski definition) is 1. The molecule has 106 valence electrons. The third-order valence-corrected chi connectivity index (χ3v) is 5.21. The quantitative estimate of drug-likeness (QED) is 0.936. The van der Waals surface area contributed by atoms with E-state index in [2.05, 4.69) is 47.2 Å². The molecule has 0 saturated carbocycles. The van der Waals surface area contributed by atoms with Crippen LogP contribution in [-0.2, 0) is 16.6 Å². The molecule has 1 atom stereocenters. The Balaban J connectivity index is 1.89. The Hall–Kier alpha value is -1.16. The van der Waals surface area contributed by atoms with Crippen molar-refractivity contribution in [3.05, 3.63) is 58.3 Å². The van der Waals surface area contributed by atoms with Gasteiger partial charge in [-0.05, 0) is 47.2 Å². The molecule has 3 heteroatoms. The molecule has 0 radical (unpaired) electrons. The second-order valence-corrected chi connectivity index (χ2v) is 6.36. The highest BCUT2D eigenvalue weighted by molar-refractivity contribution is 7.07. The molecule has 1 aliphatic rings. The lowest BCUT2D eigenvalue weighted by Gasteiger charge is -2.42. The molecule has 1 saturated heterocycles.